The van der Waals surface area contributed by atoms with Crippen LogP contribution in [0.3, 0.4) is 0 Å². The Kier molecular flexibility index (Phi) is 7.59. The van der Waals surface area contributed by atoms with Crippen LogP contribution < -0.4 is 10.1 Å². The second-order valence-corrected chi connectivity index (χ2v) is 6.17. The predicted octanol–water partition coefficient (Wildman–Crippen LogP) is 3.00. The summed E-state index contributed by atoms with van der Waals surface area (Å²) in [6, 6.07) is 7.25. The molecule has 5 heteroatoms. The Morgan fingerprint density at radius 2 is 2.00 bits per heavy atom. The number of unbranched alkanes of at least 4 members (excludes halogenated alkanes) is 2. The topological polar surface area (TPSA) is 58.6 Å². The van der Waals surface area contributed by atoms with E-state index in [4.69, 9.17) is 4.74 Å². The minimum Gasteiger partial charge on any atom is -0.494 e. The molecule has 1 heterocycles. The van der Waals surface area contributed by atoms with Gasteiger partial charge in [0.05, 0.1) is 6.61 Å². The molecule has 0 unspecified atom stereocenters. The SMILES string of the molecule is CCCCCOc1ccc(C(=O)NCCCN2CCCC2=O)cc1. The van der Waals surface area contributed by atoms with Gasteiger partial charge in [0.2, 0.25) is 5.91 Å². The van der Waals surface area contributed by atoms with Crippen molar-refractivity contribution in [2.75, 3.05) is 26.2 Å². The van der Waals surface area contributed by atoms with E-state index in [0.29, 0.717) is 25.1 Å². The average molecular weight is 332 g/mol. The van der Waals surface area contributed by atoms with E-state index in [1.807, 2.05) is 17.0 Å². The van der Waals surface area contributed by atoms with Crippen LogP contribution in [-0.2, 0) is 4.79 Å². The summed E-state index contributed by atoms with van der Waals surface area (Å²) in [5, 5.41) is 2.90. The molecule has 24 heavy (non-hydrogen) atoms. The average Bonchev–Trinajstić information content (AvgIpc) is 3.01. The smallest absolute Gasteiger partial charge is 0.251 e. The fraction of sp³-hybridized carbons (Fsp3) is 0.579. The normalized spacial score (nSPS) is 14.0. The van der Waals surface area contributed by atoms with E-state index >= 15 is 0 Å². The van der Waals surface area contributed by atoms with Gasteiger partial charge in [0, 0.05) is 31.6 Å². The van der Waals surface area contributed by atoms with Crippen LogP contribution in [-0.4, -0.2) is 43.0 Å². The highest BCUT2D eigenvalue weighted by molar-refractivity contribution is 5.94. The molecule has 1 fully saturated rings. The Morgan fingerprint density at radius 1 is 1.21 bits per heavy atom. The largest absolute Gasteiger partial charge is 0.494 e. The first kappa shape index (κ1) is 18.3. The van der Waals surface area contributed by atoms with Gasteiger partial charge in [-0.15, -0.1) is 0 Å². The van der Waals surface area contributed by atoms with Gasteiger partial charge >= 0.3 is 0 Å². The van der Waals surface area contributed by atoms with Crippen LogP contribution in [0.2, 0.25) is 0 Å². The van der Waals surface area contributed by atoms with Gasteiger partial charge in [-0.05, 0) is 43.5 Å². The van der Waals surface area contributed by atoms with E-state index in [1.165, 1.54) is 12.8 Å². The van der Waals surface area contributed by atoms with Crippen LogP contribution in [0.25, 0.3) is 0 Å². The van der Waals surface area contributed by atoms with Gasteiger partial charge in [0.1, 0.15) is 5.75 Å². The molecule has 5 nitrogen and oxygen atoms in total. The molecule has 1 N–H and O–H groups in total. The second-order valence-electron chi connectivity index (χ2n) is 6.17. The molecule has 132 valence electrons. The number of likely N-dealkylation sites (tertiary alicyclic amines) is 1. The maximum Gasteiger partial charge on any atom is 0.251 e. The molecule has 0 saturated carbocycles. The van der Waals surface area contributed by atoms with Crippen molar-refractivity contribution in [2.24, 2.45) is 0 Å². The Hall–Kier alpha value is -2.04. The van der Waals surface area contributed by atoms with Crippen LogP contribution in [0.5, 0.6) is 5.75 Å². The molecule has 0 aromatic heterocycles. The van der Waals surface area contributed by atoms with E-state index in [0.717, 1.165) is 38.1 Å². The van der Waals surface area contributed by atoms with E-state index < -0.39 is 0 Å². The van der Waals surface area contributed by atoms with Crippen molar-refractivity contribution >= 4 is 11.8 Å². The summed E-state index contributed by atoms with van der Waals surface area (Å²) in [5.74, 6) is 0.950. The molecule has 0 atom stereocenters. The van der Waals surface area contributed by atoms with Crippen LogP contribution in [0.1, 0.15) is 55.8 Å². The molecule has 0 radical (unpaired) electrons. The van der Waals surface area contributed by atoms with Crippen molar-refractivity contribution in [3.63, 3.8) is 0 Å². The van der Waals surface area contributed by atoms with Gasteiger partial charge in [-0.3, -0.25) is 9.59 Å². The molecule has 0 bridgehead atoms. The predicted molar refractivity (Wildman–Crippen MR) is 94.2 cm³/mol. The number of hydrogen-bond acceptors (Lipinski definition) is 3. The number of ether oxygens (including phenoxy) is 1. The van der Waals surface area contributed by atoms with Gasteiger partial charge in [-0.25, -0.2) is 0 Å². The molecule has 2 amide bonds. The Morgan fingerprint density at radius 3 is 2.67 bits per heavy atom. The van der Waals surface area contributed by atoms with Crippen molar-refractivity contribution < 1.29 is 14.3 Å². The molecule has 1 aromatic carbocycles. The Balaban J connectivity index is 1.65. The summed E-state index contributed by atoms with van der Waals surface area (Å²) >= 11 is 0. The third-order valence-electron chi connectivity index (χ3n) is 4.19. The maximum absolute atomic E-state index is 12.1. The zero-order chi connectivity index (χ0) is 17.2. The number of nitrogens with zero attached hydrogens (tertiary/aromatic N) is 1. The summed E-state index contributed by atoms with van der Waals surface area (Å²) in [6.45, 7) is 5.04. The maximum atomic E-state index is 12.1. The molecule has 0 aliphatic carbocycles. The summed E-state index contributed by atoms with van der Waals surface area (Å²) in [4.78, 5) is 25.4. The number of carbonyl (C=O) groups excluding carboxylic acids is 2. The highest BCUT2D eigenvalue weighted by Crippen LogP contribution is 2.13. The van der Waals surface area contributed by atoms with Crippen molar-refractivity contribution in [2.45, 2.75) is 45.4 Å². The first-order valence-electron chi connectivity index (χ1n) is 8.99. The molecular weight excluding hydrogens is 304 g/mol. The van der Waals surface area contributed by atoms with Gasteiger partial charge < -0.3 is 15.0 Å². The summed E-state index contributed by atoms with van der Waals surface area (Å²) < 4.78 is 5.64. The number of carbonyl (C=O) groups is 2. The Labute approximate surface area is 144 Å². The third-order valence-corrected chi connectivity index (χ3v) is 4.19. The lowest BCUT2D eigenvalue weighted by molar-refractivity contribution is -0.127. The number of hydrogen-bond donors (Lipinski definition) is 1. The molecule has 1 aliphatic rings. The molecular formula is C19H28N2O3. The standard InChI is InChI=1S/C19H28N2O3/c1-2-3-4-15-24-17-10-8-16(9-11-17)19(23)20-12-6-14-21-13-5-7-18(21)22/h8-11H,2-7,12-15H2,1H3,(H,20,23). The van der Waals surface area contributed by atoms with Crippen molar-refractivity contribution in [3.05, 3.63) is 29.8 Å². The molecule has 2 rings (SSSR count). The fourth-order valence-electron chi connectivity index (χ4n) is 2.76. The van der Waals surface area contributed by atoms with E-state index in [-0.39, 0.29) is 11.8 Å². The van der Waals surface area contributed by atoms with Crippen molar-refractivity contribution in [1.29, 1.82) is 0 Å². The first-order valence-corrected chi connectivity index (χ1v) is 8.99. The number of amides is 2. The summed E-state index contributed by atoms with van der Waals surface area (Å²) in [5.41, 5.74) is 0.633. The minimum absolute atomic E-state index is 0.0831. The quantitative estimate of drug-likeness (QED) is 0.670. The van der Waals surface area contributed by atoms with Crippen LogP contribution in [0.15, 0.2) is 24.3 Å². The van der Waals surface area contributed by atoms with Crippen molar-refractivity contribution in [1.82, 2.24) is 10.2 Å². The number of rotatable bonds is 10. The van der Waals surface area contributed by atoms with Gasteiger partial charge in [0.25, 0.3) is 5.91 Å². The monoisotopic (exact) mass is 332 g/mol. The lowest BCUT2D eigenvalue weighted by Crippen LogP contribution is -2.30. The van der Waals surface area contributed by atoms with Crippen LogP contribution >= 0.6 is 0 Å². The Bertz CT molecular complexity index is 528. The zero-order valence-corrected chi connectivity index (χ0v) is 14.6. The summed E-state index contributed by atoms with van der Waals surface area (Å²) in [7, 11) is 0. The minimum atomic E-state index is -0.0831. The highest BCUT2D eigenvalue weighted by atomic mass is 16.5. The van der Waals surface area contributed by atoms with Crippen molar-refractivity contribution in [3.8, 4) is 5.75 Å². The molecule has 1 saturated heterocycles. The van der Waals surface area contributed by atoms with E-state index in [9.17, 15) is 9.59 Å². The molecule has 1 aliphatic heterocycles. The first-order chi connectivity index (χ1) is 11.7. The number of benzene rings is 1. The van der Waals surface area contributed by atoms with Crippen LogP contribution in [0.4, 0.5) is 0 Å². The number of nitrogens with one attached hydrogen (secondary N) is 1. The summed E-state index contributed by atoms with van der Waals surface area (Å²) in [6.07, 6.45) is 5.81. The highest BCUT2D eigenvalue weighted by Gasteiger charge is 2.19. The lowest BCUT2D eigenvalue weighted by atomic mass is 10.2. The third kappa shape index (κ3) is 5.87. The van der Waals surface area contributed by atoms with Gasteiger partial charge in [-0.2, -0.15) is 0 Å². The van der Waals surface area contributed by atoms with Gasteiger partial charge in [-0.1, -0.05) is 19.8 Å². The van der Waals surface area contributed by atoms with E-state index in [1.54, 1.807) is 12.1 Å². The molecule has 0 spiro atoms. The zero-order valence-electron chi connectivity index (χ0n) is 14.6. The van der Waals surface area contributed by atoms with E-state index in [2.05, 4.69) is 12.2 Å². The fourth-order valence-corrected chi connectivity index (χ4v) is 2.76. The van der Waals surface area contributed by atoms with Crippen LogP contribution in [0, 0.1) is 0 Å². The molecule has 1 aromatic rings. The lowest BCUT2D eigenvalue weighted by Gasteiger charge is -2.15. The second kappa shape index (κ2) is 9.96. The van der Waals surface area contributed by atoms with Gasteiger partial charge in [0.15, 0.2) is 0 Å².